The van der Waals surface area contributed by atoms with Gasteiger partial charge in [0, 0.05) is 12.3 Å². The van der Waals surface area contributed by atoms with Crippen molar-refractivity contribution >= 4 is 22.8 Å². The molecular weight excluding hydrogens is 368 g/mol. The number of rotatable bonds is 4. The molecule has 0 unspecified atom stereocenters. The number of fused-ring (bicyclic) bond motifs is 2. The summed E-state index contributed by atoms with van der Waals surface area (Å²) in [6, 6.07) is 5.28. The number of methoxy groups -OCH3 is 1. The van der Waals surface area contributed by atoms with Crippen LogP contribution in [0.25, 0.3) is 10.9 Å². The van der Waals surface area contributed by atoms with Gasteiger partial charge in [0.1, 0.15) is 24.9 Å². The van der Waals surface area contributed by atoms with Crippen LogP contribution in [0, 0.1) is 0 Å². The number of benzene rings is 1. The van der Waals surface area contributed by atoms with Crippen LogP contribution in [0.15, 0.2) is 24.4 Å². The van der Waals surface area contributed by atoms with Crippen molar-refractivity contribution in [3.8, 4) is 0 Å². The number of carbonyl (C=O) groups excluding carboxylic acids is 2. The molecule has 0 bridgehead atoms. The van der Waals surface area contributed by atoms with E-state index < -0.39 is 42.3 Å². The zero-order valence-electron chi connectivity index (χ0n) is 16.1. The van der Waals surface area contributed by atoms with E-state index in [9.17, 15) is 9.59 Å². The molecule has 9 nitrogen and oxygen atoms in total. The van der Waals surface area contributed by atoms with Gasteiger partial charge in [-0.2, -0.15) is 5.10 Å². The van der Waals surface area contributed by atoms with Crippen LogP contribution in [0.5, 0.6) is 0 Å². The number of carbonyl (C=O) groups is 2. The minimum atomic E-state index is -0.800. The highest BCUT2D eigenvalue weighted by atomic mass is 16.8. The van der Waals surface area contributed by atoms with Gasteiger partial charge in [0.15, 0.2) is 12.0 Å². The van der Waals surface area contributed by atoms with E-state index in [0.717, 1.165) is 0 Å². The molecule has 0 radical (unpaired) electrons. The predicted molar refractivity (Wildman–Crippen MR) is 95.4 cm³/mol. The molecule has 0 amide bonds. The Morgan fingerprint density at radius 2 is 2.00 bits per heavy atom. The van der Waals surface area contributed by atoms with Crippen molar-refractivity contribution in [1.29, 1.82) is 0 Å². The summed E-state index contributed by atoms with van der Waals surface area (Å²) in [5.74, 6) is -1.63. The van der Waals surface area contributed by atoms with Crippen molar-refractivity contribution in [3.63, 3.8) is 0 Å². The first-order valence-electron chi connectivity index (χ1n) is 9.00. The highest BCUT2D eigenvalue weighted by Gasteiger charge is 2.56. The molecule has 3 heterocycles. The summed E-state index contributed by atoms with van der Waals surface area (Å²) in [7, 11) is 1.33. The fourth-order valence-corrected chi connectivity index (χ4v) is 3.75. The van der Waals surface area contributed by atoms with Gasteiger partial charge in [0.25, 0.3) is 0 Å². The van der Waals surface area contributed by atoms with Crippen LogP contribution in [0.2, 0.25) is 0 Å². The van der Waals surface area contributed by atoms with Gasteiger partial charge in [-0.15, -0.1) is 0 Å². The average molecular weight is 390 g/mol. The SMILES string of the molecule is COC(=O)c1cccc2c1cnn2[C@@H]1O[C@H](COC(C)=O)[C@H]2OC(C)(C)O[C@H]21. The van der Waals surface area contributed by atoms with Crippen LogP contribution in [-0.4, -0.2) is 59.5 Å². The van der Waals surface area contributed by atoms with Gasteiger partial charge in [-0.25, -0.2) is 9.48 Å². The first-order chi connectivity index (χ1) is 13.3. The van der Waals surface area contributed by atoms with E-state index in [1.165, 1.54) is 14.0 Å². The minimum Gasteiger partial charge on any atom is -0.465 e. The second-order valence-electron chi connectivity index (χ2n) is 7.25. The van der Waals surface area contributed by atoms with Crippen LogP contribution >= 0.6 is 0 Å². The zero-order chi connectivity index (χ0) is 20.1. The lowest BCUT2D eigenvalue weighted by Crippen LogP contribution is -2.33. The molecule has 0 spiro atoms. The van der Waals surface area contributed by atoms with Crippen LogP contribution in [0.4, 0.5) is 0 Å². The van der Waals surface area contributed by atoms with Crippen molar-refractivity contribution in [2.75, 3.05) is 13.7 Å². The van der Waals surface area contributed by atoms with Crippen LogP contribution in [-0.2, 0) is 28.5 Å². The number of ether oxygens (including phenoxy) is 5. The maximum absolute atomic E-state index is 12.0. The van der Waals surface area contributed by atoms with E-state index in [1.807, 2.05) is 19.9 Å². The van der Waals surface area contributed by atoms with E-state index in [4.69, 9.17) is 23.7 Å². The van der Waals surface area contributed by atoms with Gasteiger partial charge in [-0.05, 0) is 26.0 Å². The molecule has 2 saturated heterocycles. The maximum Gasteiger partial charge on any atom is 0.338 e. The summed E-state index contributed by atoms with van der Waals surface area (Å²) < 4.78 is 29.8. The Morgan fingerprint density at radius 1 is 1.25 bits per heavy atom. The monoisotopic (exact) mass is 390 g/mol. The number of aromatic nitrogens is 2. The maximum atomic E-state index is 12.0. The van der Waals surface area contributed by atoms with Crippen LogP contribution in [0.3, 0.4) is 0 Å². The molecule has 28 heavy (non-hydrogen) atoms. The summed E-state index contributed by atoms with van der Waals surface area (Å²) in [6.07, 6.45) is -0.357. The third kappa shape index (κ3) is 3.15. The molecule has 0 N–H and O–H groups in total. The number of hydrogen-bond acceptors (Lipinski definition) is 8. The molecule has 2 aliphatic heterocycles. The quantitative estimate of drug-likeness (QED) is 0.729. The Bertz CT molecular complexity index is 922. The molecule has 150 valence electrons. The molecule has 4 atom stereocenters. The summed E-state index contributed by atoms with van der Waals surface area (Å²) in [6.45, 7) is 5.04. The van der Waals surface area contributed by atoms with E-state index >= 15 is 0 Å². The van der Waals surface area contributed by atoms with Crippen molar-refractivity contribution in [2.45, 2.75) is 51.1 Å². The normalized spacial score (nSPS) is 28.3. The fourth-order valence-electron chi connectivity index (χ4n) is 3.75. The lowest BCUT2D eigenvalue weighted by atomic mass is 10.1. The average Bonchev–Trinajstić information content (AvgIpc) is 3.29. The van der Waals surface area contributed by atoms with Gasteiger partial charge < -0.3 is 23.7 Å². The summed E-state index contributed by atoms with van der Waals surface area (Å²) in [4.78, 5) is 23.3. The summed E-state index contributed by atoms with van der Waals surface area (Å²) >= 11 is 0. The van der Waals surface area contributed by atoms with Crippen molar-refractivity contribution in [2.24, 2.45) is 0 Å². The van der Waals surface area contributed by atoms with Crippen molar-refractivity contribution in [3.05, 3.63) is 30.0 Å². The lowest BCUT2D eigenvalue weighted by molar-refractivity contribution is -0.203. The van der Waals surface area contributed by atoms with Gasteiger partial charge in [0.05, 0.1) is 24.4 Å². The first kappa shape index (κ1) is 18.9. The molecular formula is C19H22N2O7. The molecule has 2 aromatic rings. The molecule has 1 aromatic heterocycles. The Kier molecular flexibility index (Phi) is 4.60. The van der Waals surface area contributed by atoms with E-state index in [1.54, 1.807) is 23.0 Å². The van der Waals surface area contributed by atoms with E-state index in [2.05, 4.69) is 5.10 Å². The Labute approximate surface area is 161 Å². The van der Waals surface area contributed by atoms with Crippen molar-refractivity contribution < 1.29 is 33.3 Å². The molecule has 0 aliphatic carbocycles. The van der Waals surface area contributed by atoms with Gasteiger partial charge in [-0.3, -0.25) is 4.79 Å². The summed E-state index contributed by atoms with van der Waals surface area (Å²) in [5.41, 5.74) is 1.12. The van der Waals surface area contributed by atoms with E-state index in [-0.39, 0.29) is 6.61 Å². The zero-order valence-corrected chi connectivity index (χ0v) is 16.1. The molecule has 2 fully saturated rings. The molecule has 9 heteroatoms. The number of esters is 2. The molecule has 2 aliphatic rings. The Balaban J connectivity index is 1.70. The van der Waals surface area contributed by atoms with Gasteiger partial charge >= 0.3 is 11.9 Å². The highest BCUT2D eigenvalue weighted by Crippen LogP contribution is 2.43. The second-order valence-corrected chi connectivity index (χ2v) is 7.25. The van der Waals surface area contributed by atoms with Gasteiger partial charge in [0.2, 0.25) is 0 Å². The standard InChI is InChI=1S/C19H22N2O7/c1-10(22)25-9-14-15-16(28-19(2,3)27-15)17(26-14)21-13-7-5-6-11(18(23)24-4)12(13)8-20-21/h5-8,14-17H,9H2,1-4H3/t14-,15-,16-,17-/m1/s1. The number of nitrogens with zero attached hydrogens (tertiary/aromatic N) is 2. The minimum absolute atomic E-state index is 0.0546. The topological polar surface area (TPSA) is 98.1 Å². The number of hydrogen-bond donors (Lipinski definition) is 0. The van der Waals surface area contributed by atoms with Crippen LogP contribution < -0.4 is 0 Å². The molecule has 1 aromatic carbocycles. The molecule has 0 saturated carbocycles. The van der Waals surface area contributed by atoms with Gasteiger partial charge in [-0.1, -0.05) is 6.07 Å². The second kappa shape index (κ2) is 6.84. The Hall–Kier alpha value is -2.49. The lowest BCUT2D eigenvalue weighted by Gasteiger charge is -2.24. The Morgan fingerprint density at radius 3 is 2.71 bits per heavy atom. The van der Waals surface area contributed by atoms with Crippen LogP contribution in [0.1, 0.15) is 37.4 Å². The smallest absolute Gasteiger partial charge is 0.338 e. The van der Waals surface area contributed by atoms with E-state index in [0.29, 0.717) is 16.5 Å². The fraction of sp³-hybridized carbons (Fsp3) is 0.526. The highest BCUT2D eigenvalue weighted by molar-refractivity contribution is 6.03. The molecule has 4 rings (SSSR count). The summed E-state index contributed by atoms with van der Waals surface area (Å²) in [5, 5.41) is 5.08. The predicted octanol–water partition coefficient (Wildman–Crippen LogP) is 1.80. The first-order valence-corrected chi connectivity index (χ1v) is 9.00. The largest absolute Gasteiger partial charge is 0.465 e. The third-order valence-corrected chi connectivity index (χ3v) is 4.86. The van der Waals surface area contributed by atoms with Crippen molar-refractivity contribution in [1.82, 2.24) is 9.78 Å². The third-order valence-electron chi connectivity index (χ3n) is 4.86.